The molecule has 0 aliphatic carbocycles. The Hall–Kier alpha value is -4.24. The van der Waals surface area contributed by atoms with Gasteiger partial charge in [-0.1, -0.05) is 36.1 Å². The van der Waals surface area contributed by atoms with Gasteiger partial charge in [0.05, 0.1) is 30.9 Å². The fourth-order valence-electron chi connectivity index (χ4n) is 4.26. The van der Waals surface area contributed by atoms with Crippen molar-refractivity contribution in [3.8, 4) is 17.9 Å². The summed E-state index contributed by atoms with van der Waals surface area (Å²) in [6.07, 6.45) is 1.49. The number of Topliss-reactive ketones (excluding diaryl/α,β-unsaturated/α-hetero) is 1. The summed E-state index contributed by atoms with van der Waals surface area (Å²) in [7, 11) is 0. The largest absolute Gasteiger partial charge is 0.503 e. The number of ketones is 1. The maximum absolute atomic E-state index is 13.0. The number of nitriles is 1. The van der Waals surface area contributed by atoms with E-state index in [1.54, 1.807) is 19.1 Å². The van der Waals surface area contributed by atoms with Crippen LogP contribution < -0.4 is 5.32 Å². The molecule has 2 atom stereocenters. The number of nitrogens with zero attached hydrogens (tertiary/aromatic N) is 3. The summed E-state index contributed by atoms with van der Waals surface area (Å²) >= 11 is 0. The summed E-state index contributed by atoms with van der Waals surface area (Å²) < 4.78 is 5.40. The van der Waals surface area contributed by atoms with Crippen molar-refractivity contribution in [1.29, 1.82) is 5.26 Å². The van der Waals surface area contributed by atoms with Gasteiger partial charge in [0.15, 0.2) is 5.76 Å². The second kappa shape index (κ2) is 12.8. The normalized spacial score (nSPS) is 17.2. The van der Waals surface area contributed by atoms with Crippen LogP contribution in [0.3, 0.4) is 0 Å². The van der Waals surface area contributed by atoms with E-state index in [1.165, 1.54) is 11.8 Å². The van der Waals surface area contributed by atoms with Gasteiger partial charge in [0.25, 0.3) is 0 Å². The first-order valence-electron chi connectivity index (χ1n) is 12.6. The predicted octanol–water partition coefficient (Wildman–Crippen LogP) is 3.23. The highest BCUT2D eigenvalue weighted by Crippen LogP contribution is 2.28. The third kappa shape index (κ3) is 7.17. The molecule has 0 saturated carbocycles. The van der Waals surface area contributed by atoms with E-state index in [0.29, 0.717) is 5.56 Å². The third-order valence-electron chi connectivity index (χ3n) is 6.46. The highest BCUT2D eigenvalue weighted by molar-refractivity contribution is 6.04. The van der Waals surface area contributed by atoms with Crippen LogP contribution in [0.25, 0.3) is 0 Å². The lowest BCUT2D eigenvalue weighted by molar-refractivity contribution is -0.123. The van der Waals surface area contributed by atoms with E-state index in [4.69, 9.17) is 10.00 Å². The zero-order chi connectivity index (χ0) is 26.9. The van der Waals surface area contributed by atoms with Gasteiger partial charge in [0.1, 0.15) is 6.04 Å². The lowest BCUT2D eigenvalue weighted by atomic mass is 9.91. The van der Waals surface area contributed by atoms with Gasteiger partial charge < -0.3 is 15.2 Å². The molecule has 1 saturated heterocycles. The molecule has 1 fully saturated rings. The number of nitrogens with one attached hydrogen (secondary N) is 1. The zero-order valence-corrected chi connectivity index (χ0v) is 21.3. The molecule has 38 heavy (non-hydrogen) atoms. The monoisotopic (exact) mass is 510 g/mol. The summed E-state index contributed by atoms with van der Waals surface area (Å²) in [5.74, 6) is 4.35. The molecule has 194 valence electrons. The van der Waals surface area contributed by atoms with Crippen LogP contribution in [0.4, 0.5) is 0 Å². The molecule has 1 amide bonds. The molecule has 8 nitrogen and oxygen atoms in total. The average Bonchev–Trinajstić information content (AvgIpc) is 2.94. The number of benzene rings is 2. The molecule has 2 aliphatic heterocycles. The number of aliphatic imine (C=N–C) groups is 1. The molecule has 2 aromatic rings. The quantitative estimate of drug-likeness (QED) is 0.553. The number of aliphatic hydroxyl groups is 1. The van der Waals surface area contributed by atoms with Crippen molar-refractivity contribution < 1.29 is 19.4 Å². The lowest BCUT2D eigenvalue weighted by Gasteiger charge is -2.26. The molecule has 2 N–H and O–H groups in total. The Kier molecular flexibility index (Phi) is 9.05. The average molecular weight is 511 g/mol. The molecule has 2 heterocycles. The molecule has 0 spiro atoms. The molecular formula is C30H30N4O4. The van der Waals surface area contributed by atoms with E-state index in [2.05, 4.69) is 39.2 Å². The lowest BCUT2D eigenvalue weighted by Crippen LogP contribution is -2.35. The summed E-state index contributed by atoms with van der Waals surface area (Å²) in [6.45, 7) is 5.93. The van der Waals surface area contributed by atoms with Crippen molar-refractivity contribution in [3.63, 3.8) is 0 Å². The standard InChI is InChI=1S/C30H30N4O4/c1-21(19-31)33-30(37)26(18-27-29(36)28(35)12-13-32-27)25-10-8-23(9-11-25)3-2-22-4-6-24(7-5-22)20-34-14-16-38-17-15-34/h4-11,13,21,26,36H,12,14-18,20H2,1H3,(H,33,37). The molecule has 0 radical (unpaired) electrons. The van der Waals surface area contributed by atoms with Gasteiger partial charge in [0.2, 0.25) is 11.7 Å². The first-order chi connectivity index (χ1) is 18.4. The molecule has 2 aromatic carbocycles. The van der Waals surface area contributed by atoms with E-state index >= 15 is 0 Å². The number of rotatable bonds is 7. The number of ether oxygens (including phenoxy) is 1. The van der Waals surface area contributed by atoms with Crippen molar-refractivity contribution in [3.05, 3.63) is 82.2 Å². The van der Waals surface area contributed by atoms with Crippen molar-refractivity contribution in [2.75, 3.05) is 26.3 Å². The Bertz CT molecular complexity index is 1320. The van der Waals surface area contributed by atoms with Crippen LogP contribution in [-0.2, 0) is 20.9 Å². The predicted molar refractivity (Wildman–Crippen MR) is 143 cm³/mol. The van der Waals surface area contributed by atoms with Crippen LogP contribution in [0.2, 0.25) is 0 Å². The Labute approximate surface area is 222 Å². The number of carbonyl (C=O) groups is 2. The number of carbonyl (C=O) groups excluding carboxylic acids is 2. The molecule has 0 aromatic heterocycles. The maximum atomic E-state index is 13.0. The summed E-state index contributed by atoms with van der Waals surface area (Å²) in [6, 6.07) is 16.8. The van der Waals surface area contributed by atoms with Crippen LogP contribution >= 0.6 is 0 Å². The summed E-state index contributed by atoms with van der Waals surface area (Å²) in [5, 5.41) is 21.9. The number of hydrogen-bond donors (Lipinski definition) is 2. The molecular weight excluding hydrogens is 480 g/mol. The number of morpholine rings is 1. The fraction of sp³-hybridized carbons (Fsp3) is 0.333. The van der Waals surface area contributed by atoms with E-state index in [1.807, 2.05) is 30.3 Å². The van der Waals surface area contributed by atoms with Crippen LogP contribution in [0.15, 0.2) is 65.0 Å². The highest BCUT2D eigenvalue weighted by atomic mass is 16.5. The first kappa shape index (κ1) is 26.8. The smallest absolute Gasteiger partial charge is 0.228 e. The van der Waals surface area contributed by atoms with Crippen LogP contribution in [0, 0.1) is 23.2 Å². The number of allylic oxidation sites excluding steroid dienone is 2. The Morgan fingerprint density at radius 2 is 1.74 bits per heavy atom. The zero-order valence-electron chi connectivity index (χ0n) is 21.3. The maximum Gasteiger partial charge on any atom is 0.228 e. The van der Waals surface area contributed by atoms with Crippen molar-refractivity contribution in [2.24, 2.45) is 4.99 Å². The minimum Gasteiger partial charge on any atom is -0.503 e. The minimum absolute atomic E-state index is 0.0277. The molecule has 0 bridgehead atoms. The van der Waals surface area contributed by atoms with E-state index in [9.17, 15) is 14.7 Å². The summed E-state index contributed by atoms with van der Waals surface area (Å²) in [4.78, 5) is 31.4. The van der Waals surface area contributed by atoms with Crippen molar-refractivity contribution >= 4 is 17.9 Å². The SMILES string of the molecule is CC(C#N)NC(=O)C(CC1=C(O)C(=O)CC=N1)c1ccc(C#Cc2ccc(CN3CCOCC3)cc2)cc1. The Balaban J connectivity index is 1.47. The van der Waals surface area contributed by atoms with Gasteiger partial charge >= 0.3 is 0 Å². The number of amides is 1. The fourth-order valence-corrected chi connectivity index (χ4v) is 4.26. The van der Waals surface area contributed by atoms with Gasteiger partial charge in [-0.25, -0.2) is 0 Å². The van der Waals surface area contributed by atoms with Gasteiger partial charge in [-0.3, -0.25) is 19.5 Å². The second-order valence-electron chi connectivity index (χ2n) is 9.31. The van der Waals surface area contributed by atoms with Crippen LogP contribution in [-0.4, -0.2) is 60.3 Å². The van der Waals surface area contributed by atoms with Gasteiger partial charge in [-0.15, -0.1) is 0 Å². The Morgan fingerprint density at radius 1 is 1.11 bits per heavy atom. The Morgan fingerprint density at radius 3 is 2.37 bits per heavy atom. The van der Waals surface area contributed by atoms with Crippen molar-refractivity contribution in [2.45, 2.75) is 38.3 Å². The molecule has 2 unspecified atom stereocenters. The second-order valence-corrected chi connectivity index (χ2v) is 9.31. The first-order valence-corrected chi connectivity index (χ1v) is 12.6. The highest BCUT2D eigenvalue weighted by Gasteiger charge is 2.27. The van der Waals surface area contributed by atoms with Crippen LogP contribution in [0.1, 0.15) is 47.9 Å². The summed E-state index contributed by atoms with van der Waals surface area (Å²) in [5.41, 5.74) is 3.75. The molecule has 2 aliphatic rings. The van der Waals surface area contributed by atoms with Gasteiger partial charge in [-0.2, -0.15) is 5.26 Å². The third-order valence-corrected chi connectivity index (χ3v) is 6.46. The molecule has 4 rings (SSSR count). The van der Waals surface area contributed by atoms with E-state index in [-0.39, 0.29) is 24.4 Å². The number of aliphatic hydroxyl groups excluding tert-OH is 1. The van der Waals surface area contributed by atoms with E-state index in [0.717, 1.165) is 44.0 Å². The molecule has 8 heteroatoms. The minimum atomic E-state index is -0.743. The van der Waals surface area contributed by atoms with Crippen molar-refractivity contribution in [1.82, 2.24) is 10.2 Å². The van der Waals surface area contributed by atoms with Gasteiger partial charge in [-0.05, 0) is 42.3 Å². The topological polar surface area (TPSA) is 115 Å². The number of hydrogen-bond acceptors (Lipinski definition) is 7. The van der Waals surface area contributed by atoms with Gasteiger partial charge in [0, 0.05) is 49.8 Å². The van der Waals surface area contributed by atoms with Crippen LogP contribution in [0.5, 0.6) is 0 Å². The van der Waals surface area contributed by atoms with E-state index < -0.39 is 23.5 Å².